The van der Waals surface area contributed by atoms with Crippen LogP contribution in [0.4, 0.5) is 0 Å². The topological polar surface area (TPSA) is 0 Å². The first-order valence-electron chi connectivity index (χ1n) is 17.8. The van der Waals surface area contributed by atoms with Gasteiger partial charge in [0.05, 0.1) is 0 Å². The van der Waals surface area contributed by atoms with Gasteiger partial charge in [0.2, 0.25) is 0 Å². The average Bonchev–Trinajstić information content (AvgIpc) is 3.61. The SMILES string of the molecule is CC(C)(C)c1[c-]c2c(cc1C(C)(C)C)-c1cc(C(C)(C)C)c(C(C)(C)C)cc1C2.CCC1[C-]=CC(C(C)(C)C)=C1.Cl.Cl.[CH2]=[Zr].[CH3-].[c-]1ccccc1. The van der Waals surface area contributed by atoms with Crippen LogP contribution in [0.2, 0.25) is 0 Å². The summed E-state index contributed by atoms with van der Waals surface area (Å²) in [4.78, 5) is 0. The van der Waals surface area contributed by atoms with Crippen LogP contribution in [0.15, 0.2) is 66.3 Å². The second-order valence-corrected chi connectivity index (χ2v) is 18.5. The molecule has 3 heteroatoms. The first-order chi connectivity index (χ1) is 21.9. The van der Waals surface area contributed by atoms with Crippen LogP contribution >= 0.6 is 24.8 Å². The largest absolute Gasteiger partial charge is 0.358 e. The predicted molar refractivity (Wildman–Crippen MR) is 231 cm³/mol. The minimum absolute atomic E-state index is 0. The summed E-state index contributed by atoms with van der Waals surface area (Å²) >= 11 is 1.30. The van der Waals surface area contributed by atoms with Crippen LogP contribution in [0.3, 0.4) is 0 Å². The molecule has 0 radical (unpaired) electrons. The van der Waals surface area contributed by atoms with Crippen LogP contribution in [-0.4, -0.2) is 4.21 Å². The van der Waals surface area contributed by atoms with Crippen molar-refractivity contribution in [3.63, 3.8) is 0 Å². The van der Waals surface area contributed by atoms with E-state index in [2.05, 4.69) is 164 Å². The Morgan fingerprint density at radius 1 is 0.647 bits per heavy atom. The Bertz CT molecular complexity index is 1450. The molecule has 0 N–H and O–H groups in total. The standard InChI is InChI=1S/C29H41.C11H17.C6H5.CH3.CH2.2ClH.Zr/c1-26(2,3)22-14-18-13-19-15-23(27(4,5)6)25(29(10,11)12)17-21(19)20(18)16-24(22)28(7,8)9;1-5-9-6-7-10(8-9)11(2,3)4;1-2-4-6-5-3-1;;;;;/h14,16-17H,13H2,1-12H3;7-9H,5H2,1-4H3;1-5H;1H3;1H2;2*1H;/q4*-1;;;;. The summed E-state index contributed by atoms with van der Waals surface area (Å²) in [5, 5.41) is 0. The number of benzene rings is 3. The smallest absolute Gasteiger partial charge is 0.171 e. The van der Waals surface area contributed by atoms with E-state index in [1.807, 2.05) is 30.3 Å². The fourth-order valence-electron chi connectivity index (χ4n) is 6.18. The minimum atomic E-state index is 0. The molecule has 51 heavy (non-hydrogen) atoms. The maximum Gasteiger partial charge on any atom is -0.171 e. The van der Waals surface area contributed by atoms with Crippen LogP contribution < -0.4 is 0 Å². The fraction of sp³-hybridized carbons (Fsp3) is 0.500. The van der Waals surface area contributed by atoms with Gasteiger partial charge in [-0.1, -0.05) is 152 Å². The van der Waals surface area contributed by atoms with Crippen molar-refractivity contribution in [2.75, 3.05) is 0 Å². The quantitative estimate of drug-likeness (QED) is 0.168. The maximum absolute atomic E-state index is 3.90. The number of rotatable bonds is 1. The van der Waals surface area contributed by atoms with E-state index in [4.69, 9.17) is 0 Å². The van der Waals surface area contributed by atoms with E-state index >= 15 is 0 Å². The molecule has 2 aliphatic carbocycles. The molecule has 3 aromatic rings. The Labute approximate surface area is 343 Å². The van der Waals surface area contributed by atoms with Crippen LogP contribution in [-0.2, 0) is 52.3 Å². The first kappa shape index (κ1) is 51.6. The maximum atomic E-state index is 3.90. The van der Waals surface area contributed by atoms with Gasteiger partial charge in [-0.3, -0.25) is 6.08 Å². The summed E-state index contributed by atoms with van der Waals surface area (Å²) in [5.41, 5.74) is 13.7. The van der Waals surface area contributed by atoms with E-state index in [0.717, 1.165) is 6.42 Å². The van der Waals surface area contributed by atoms with Crippen molar-refractivity contribution in [3.05, 3.63) is 125 Å². The zero-order chi connectivity index (χ0) is 36.9. The molecule has 2 aliphatic rings. The molecule has 284 valence electrons. The third kappa shape index (κ3) is 14.3. The molecule has 0 fully saturated rings. The van der Waals surface area contributed by atoms with Gasteiger partial charge >= 0.3 is 28.4 Å². The van der Waals surface area contributed by atoms with Gasteiger partial charge in [0.15, 0.2) is 0 Å². The molecule has 1 unspecified atom stereocenters. The molecular weight excluding hydrogens is 739 g/mol. The van der Waals surface area contributed by atoms with Gasteiger partial charge < -0.3 is 7.43 Å². The Balaban J connectivity index is 0. The monoisotopic (exact) mass is 806 g/mol. The molecule has 0 aliphatic heterocycles. The normalized spacial score (nSPS) is 14.6. The van der Waals surface area contributed by atoms with E-state index in [9.17, 15) is 0 Å². The third-order valence-corrected chi connectivity index (χ3v) is 8.98. The van der Waals surface area contributed by atoms with Gasteiger partial charge in [0.25, 0.3) is 0 Å². The number of fused-ring (bicyclic) bond motifs is 3. The van der Waals surface area contributed by atoms with Crippen molar-refractivity contribution in [3.8, 4) is 11.1 Å². The van der Waals surface area contributed by atoms with Crippen LogP contribution in [0.25, 0.3) is 11.1 Å². The second-order valence-electron chi connectivity index (χ2n) is 18.5. The van der Waals surface area contributed by atoms with Crippen molar-refractivity contribution in [2.24, 2.45) is 11.3 Å². The van der Waals surface area contributed by atoms with E-state index in [1.54, 1.807) is 0 Å². The number of halogens is 2. The Morgan fingerprint density at radius 2 is 1.12 bits per heavy atom. The van der Waals surface area contributed by atoms with Gasteiger partial charge in [-0.15, -0.1) is 41.5 Å². The molecule has 0 saturated carbocycles. The van der Waals surface area contributed by atoms with Crippen LogP contribution in [0.5, 0.6) is 0 Å². The summed E-state index contributed by atoms with van der Waals surface area (Å²) in [7, 11) is 0. The van der Waals surface area contributed by atoms with Crippen molar-refractivity contribution in [2.45, 2.75) is 145 Å². The number of hydrogen-bond acceptors (Lipinski definition) is 0. The molecule has 0 spiro atoms. The van der Waals surface area contributed by atoms with Gasteiger partial charge in [-0.2, -0.15) is 65.7 Å². The molecule has 1 atom stereocenters. The van der Waals surface area contributed by atoms with E-state index in [-0.39, 0.29) is 53.9 Å². The molecule has 0 aromatic heterocycles. The van der Waals surface area contributed by atoms with E-state index in [0.29, 0.717) is 11.3 Å². The third-order valence-electron chi connectivity index (χ3n) is 8.98. The number of hydrogen-bond donors (Lipinski definition) is 0. The average molecular weight is 809 g/mol. The summed E-state index contributed by atoms with van der Waals surface area (Å²) in [6.45, 7) is 36.9. The minimum Gasteiger partial charge on any atom is -0.358 e. The molecule has 0 amide bonds. The Kier molecular flexibility index (Phi) is 20.5. The zero-order valence-electron chi connectivity index (χ0n) is 35.3. The Hall–Kier alpha value is -1.53. The van der Waals surface area contributed by atoms with Crippen molar-refractivity contribution in [1.29, 1.82) is 0 Å². The summed E-state index contributed by atoms with van der Waals surface area (Å²) in [5.74, 6) is 0.573. The van der Waals surface area contributed by atoms with Crippen LogP contribution in [0, 0.1) is 37.0 Å². The fourth-order valence-corrected chi connectivity index (χ4v) is 6.18. The van der Waals surface area contributed by atoms with Crippen molar-refractivity contribution >= 4 is 29.0 Å². The molecule has 0 heterocycles. The van der Waals surface area contributed by atoms with Gasteiger partial charge in [0, 0.05) is 0 Å². The Morgan fingerprint density at radius 3 is 1.45 bits per heavy atom. The molecule has 3 aromatic carbocycles. The van der Waals surface area contributed by atoms with Gasteiger partial charge in [-0.25, -0.2) is 6.08 Å². The first-order valence-corrected chi connectivity index (χ1v) is 19.5. The summed E-state index contributed by atoms with van der Waals surface area (Å²) in [6, 6.07) is 23.9. The molecular formula is C48H70Cl2Zr-4. The molecule has 0 saturated heterocycles. The molecule has 0 bridgehead atoms. The second kappa shape index (κ2) is 20.2. The van der Waals surface area contributed by atoms with E-state index < -0.39 is 0 Å². The van der Waals surface area contributed by atoms with Crippen LogP contribution in [0.1, 0.15) is 151 Å². The molecule has 0 nitrogen and oxygen atoms in total. The zero-order valence-corrected chi connectivity index (χ0v) is 39.4. The van der Waals surface area contributed by atoms with E-state index in [1.165, 1.54) is 80.7 Å². The molecule has 5 rings (SSSR count). The summed E-state index contributed by atoms with van der Waals surface area (Å²) < 4.78 is 3.34. The summed E-state index contributed by atoms with van der Waals surface area (Å²) in [6.07, 6.45) is 10.0. The van der Waals surface area contributed by atoms with Gasteiger partial charge in [-0.05, 0) is 39.4 Å². The van der Waals surface area contributed by atoms with Gasteiger partial charge in [0.1, 0.15) is 0 Å². The number of allylic oxidation sites excluding steroid dienone is 4. The van der Waals surface area contributed by atoms with Crippen molar-refractivity contribution in [1.82, 2.24) is 0 Å². The van der Waals surface area contributed by atoms with Crippen molar-refractivity contribution < 1.29 is 24.2 Å². The predicted octanol–water partition coefficient (Wildman–Crippen LogP) is 14.4.